The van der Waals surface area contributed by atoms with Gasteiger partial charge in [0.2, 0.25) is 0 Å². The van der Waals surface area contributed by atoms with Gasteiger partial charge in [0.05, 0.1) is 4.92 Å². The maximum Gasteiger partial charge on any atom is 0.269 e. The molecule has 0 saturated carbocycles. The molecule has 1 aliphatic heterocycles. The lowest BCUT2D eigenvalue weighted by Gasteiger charge is -2.36. The number of nitro benzene ring substituents is 1. The molecule has 1 aromatic rings. The summed E-state index contributed by atoms with van der Waals surface area (Å²) in [6.07, 6.45) is 1.99. The van der Waals surface area contributed by atoms with Crippen molar-refractivity contribution in [2.24, 2.45) is 5.73 Å². The van der Waals surface area contributed by atoms with Crippen LogP contribution in [0.2, 0.25) is 0 Å². The third-order valence-corrected chi connectivity index (χ3v) is 3.56. The number of piperidine rings is 1. The fourth-order valence-electron chi connectivity index (χ4n) is 2.49. The van der Waals surface area contributed by atoms with E-state index in [1.54, 1.807) is 12.1 Å². The Morgan fingerprint density at radius 1 is 1.56 bits per heavy atom. The molecule has 5 heteroatoms. The van der Waals surface area contributed by atoms with Crippen LogP contribution in [0.1, 0.15) is 25.3 Å². The van der Waals surface area contributed by atoms with Crippen LogP contribution in [-0.2, 0) is 6.54 Å². The van der Waals surface area contributed by atoms with Crippen LogP contribution in [0, 0.1) is 10.1 Å². The second-order valence-corrected chi connectivity index (χ2v) is 5.03. The molecular formula is C13H19N3O2. The lowest BCUT2D eigenvalue weighted by atomic mass is 9.98. The molecule has 0 aliphatic carbocycles. The Hall–Kier alpha value is -1.46. The molecule has 2 rings (SSSR count). The average Bonchev–Trinajstić information content (AvgIpc) is 2.33. The standard InChI is InChI=1S/C13H19N3O2/c1-10-7-12(14)5-6-15(10)9-11-3-2-4-13(8-11)16(17)18/h2-4,8,10,12H,5-7,9,14H2,1H3. The molecule has 0 bridgehead atoms. The van der Waals surface area contributed by atoms with E-state index in [0.717, 1.165) is 31.5 Å². The molecule has 18 heavy (non-hydrogen) atoms. The highest BCUT2D eigenvalue weighted by Crippen LogP contribution is 2.20. The van der Waals surface area contributed by atoms with Gasteiger partial charge in [0, 0.05) is 37.3 Å². The summed E-state index contributed by atoms with van der Waals surface area (Å²) >= 11 is 0. The maximum absolute atomic E-state index is 10.7. The molecule has 1 heterocycles. The lowest BCUT2D eigenvalue weighted by molar-refractivity contribution is -0.384. The average molecular weight is 249 g/mol. The van der Waals surface area contributed by atoms with Crippen molar-refractivity contribution in [1.82, 2.24) is 4.90 Å². The van der Waals surface area contributed by atoms with Gasteiger partial charge < -0.3 is 5.73 Å². The quantitative estimate of drug-likeness (QED) is 0.656. The Bertz CT molecular complexity index is 436. The number of likely N-dealkylation sites (tertiary alicyclic amines) is 1. The van der Waals surface area contributed by atoms with Gasteiger partial charge in [-0.25, -0.2) is 0 Å². The van der Waals surface area contributed by atoms with Gasteiger partial charge in [-0.05, 0) is 25.3 Å². The zero-order valence-corrected chi connectivity index (χ0v) is 10.6. The van der Waals surface area contributed by atoms with Crippen molar-refractivity contribution in [3.8, 4) is 0 Å². The summed E-state index contributed by atoms with van der Waals surface area (Å²) in [6, 6.07) is 7.59. The number of nitrogens with zero attached hydrogens (tertiary/aromatic N) is 2. The number of rotatable bonds is 3. The van der Waals surface area contributed by atoms with Gasteiger partial charge in [-0.1, -0.05) is 12.1 Å². The molecule has 1 aromatic carbocycles. The molecule has 2 atom stereocenters. The largest absolute Gasteiger partial charge is 0.328 e. The van der Waals surface area contributed by atoms with Crippen LogP contribution in [0.4, 0.5) is 5.69 Å². The Kier molecular flexibility index (Phi) is 3.93. The van der Waals surface area contributed by atoms with Crippen LogP contribution in [0.5, 0.6) is 0 Å². The first kappa shape index (κ1) is 13.0. The lowest BCUT2D eigenvalue weighted by Crippen LogP contribution is -2.44. The number of benzene rings is 1. The number of hydrogen-bond acceptors (Lipinski definition) is 4. The molecule has 0 spiro atoms. The van der Waals surface area contributed by atoms with E-state index in [0.29, 0.717) is 12.1 Å². The van der Waals surface area contributed by atoms with Crippen molar-refractivity contribution >= 4 is 5.69 Å². The van der Waals surface area contributed by atoms with E-state index in [1.165, 1.54) is 6.07 Å². The SMILES string of the molecule is CC1CC(N)CCN1Cc1cccc([N+](=O)[O-])c1. The second kappa shape index (κ2) is 5.46. The minimum Gasteiger partial charge on any atom is -0.328 e. The Labute approximate surface area is 107 Å². The molecule has 98 valence electrons. The summed E-state index contributed by atoms with van der Waals surface area (Å²) in [5.41, 5.74) is 7.08. The van der Waals surface area contributed by atoms with E-state index in [1.807, 2.05) is 6.07 Å². The molecule has 0 amide bonds. The fraction of sp³-hybridized carbons (Fsp3) is 0.538. The minimum atomic E-state index is -0.348. The van der Waals surface area contributed by atoms with Crippen molar-refractivity contribution in [1.29, 1.82) is 0 Å². The van der Waals surface area contributed by atoms with Gasteiger partial charge in [-0.15, -0.1) is 0 Å². The second-order valence-electron chi connectivity index (χ2n) is 5.03. The highest BCUT2D eigenvalue weighted by Gasteiger charge is 2.23. The number of nitro groups is 1. The predicted octanol–water partition coefficient (Wildman–Crippen LogP) is 1.91. The first-order valence-electron chi connectivity index (χ1n) is 6.29. The summed E-state index contributed by atoms with van der Waals surface area (Å²) in [5.74, 6) is 0. The molecular weight excluding hydrogens is 230 g/mol. The first-order chi connectivity index (χ1) is 8.56. The maximum atomic E-state index is 10.7. The van der Waals surface area contributed by atoms with Gasteiger partial charge in [-0.2, -0.15) is 0 Å². The van der Waals surface area contributed by atoms with Crippen LogP contribution < -0.4 is 5.73 Å². The monoisotopic (exact) mass is 249 g/mol. The van der Waals surface area contributed by atoms with Crippen molar-refractivity contribution in [2.45, 2.75) is 38.4 Å². The van der Waals surface area contributed by atoms with E-state index >= 15 is 0 Å². The van der Waals surface area contributed by atoms with Gasteiger partial charge >= 0.3 is 0 Å². The normalized spacial score (nSPS) is 25.0. The summed E-state index contributed by atoms with van der Waals surface area (Å²) in [6.45, 7) is 3.89. The van der Waals surface area contributed by atoms with Crippen LogP contribution in [0.25, 0.3) is 0 Å². The molecule has 1 saturated heterocycles. The molecule has 0 radical (unpaired) electrons. The van der Waals surface area contributed by atoms with Crippen LogP contribution in [0.15, 0.2) is 24.3 Å². The van der Waals surface area contributed by atoms with Gasteiger partial charge in [0.1, 0.15) is 0 Å². The van der Waals surface area contributed by atoms with E-state index in [4.69, 9.17) is 5.73 Å². The molecule has 5 nitrogen and oxygen atoms in total. The fourth-order valence-corrected chi connectivity index (χ4v) is 2.49. The van der Waals surface area contributed by atoms with Crippen molar-refractivity contribution in [3.63, 3.8) is 0 Å². The highest BCUT2D eigenvalue weighted by atomic mass is 16.6. The van der Waals surface area contributed by atoms with Crippen molar-refractivity contribution < 1.29 is 4.92 Å². The van der Waals surface area contributed by atoms with E-state index in [9.17, 15) is 10.1 Å². The van der Waals surface area contributed by atoms with Gasteiger partial charge in [0.25, 0.3) is 5.69 Å². The summed E-state index contributed by atoms with van der Waals surface area (Å²) in [7, 11) is 0. The molecule has 0 aromatic heterocycles. The Morgan fingerprint density at radius 3 is 3.00 bits per heavy atom. The van der Waals surface area contributed by atoms with E-state index in [-0.39, 0.29) is 10.6 Å². The van der Waals surface area contributed by atoms with Crippen LogP contribution in [-0.4, -0.2) is 28.5 Å². The molecule has 2 unspecified atom stereocenters. The highest BCUT2D eigenvalue weighted by molar-refractivity contribution is 5.34. The van der Waals surface area contributed by atoms with Crippen molar-refractivity contribution in [2.75, 3.05) is 6.54 Å². The first-order valence-corrected chi connectivity index (χ1v) is 6.29. The Morgan fingerprint density at radius 2 is 2.33 bits per heavy atom. The third-order valence-electron chi connectivity index (χ3n) is 3.56. The van der Waals surface area contributed by atoms with Crippen molar-refractivity contribution in [3.05, 3.63) is 39.9 Å². The van der Waals surface area contributed by atoms with Crippen LogP contribution in [0.3, 0.4) is 0 Å². The molecule has 1 aliphatic rings. The van der Waals surface area contributed by atoms with Gasteiger partial charge in [0.15, 0.2) is 0 Å². The van der Waals surface area contributed by atoms with E-state index < -0.39 is 0 Å². The number of non-ortho nitro benzene ring substituents is 1. The zero-order chi connectivity index (χ0) is 13.1. The number of hydrogen-bond donors (Lipinski definition) is 1. The predicted molar refractivity (Wildman–Crippen MR) is 70.2 cm³/mol. The summed E-state index contributed by atoms with van der Waals surface area (Å²) in [5, 5.41) is 10.7. The summed E-state index contributed by atoms with van der Waals surface area (Å²) in [4.78, 5) is 12.7. The van der Waals surface area contributed by atoms with Gasteiger partial charge in [-0.3, -0.25) is 15.0 Å². The van der Waals surface area contributed by atoms with Crippen LogP contribution >= 0.6 is 0 Å². The zero-order valence-electron chi connectivity index (χ0n) is 10.6. The van der Waals surface area contributed by atoms with E-state index in [2.05, 4.69) is 11.8 Å². The topological polar surface area (TPSA) is 72.4 Å². The number of nitrogens with two attached hydrogens (primary N) is 1. The minimum absolute atomic E-state index is 0.161. The third kappa shape index (κ3) is 3.05. The summed E-state index contributed by atoms with van der Waals surface area (Å²) < 4.78 is 0. The molecule has 1 fully saturated rings. The molecule has 2 N–H and O–H groups in total. The smallest absolute Gasteiger partial charge is 0.269 e. The Balaban J connectivity index is 2.05.